The summed E-state index contributed by atoms with van der Waals surface area (Å²) in [6.45, 7) is 0. The molecule has 0 fully saturated rings. The van der Waals surface area contributed by atoms with Gasteiger partial charge in [-0.2, -0.15) is 18.2 Å². The summed E-state index contributed by atoms with van der Waals surface area (Å²) in [5.74, 6) is -0.0661. The molecule has 0 saturated carbocycles. The third-order valence-electron chi connectivity index (χ3n) is 5.48. The lowest BCUT2D eigenvalue weighted by atomic mass is 10.1. The van der Waals surface area contributed by atoms with Crippen LogP contribution in [0, 0.1) is 5.82 Å². The Morgan fingerprint density at radius 3 is 2.19 bits per heavy atom. The lowest BCUT2D eigenvalue weighted by molar-refractivity contribution is -0.137. The summed E-state index contributed by atoms with van der Waals surface area (Å²) in [5.41, 5.74) is 15.0. The highest BCUT2D eigenvalue weighted by molar-refractivity contribution is 5.95. The Morgan fingerprint density at radius 1 is 0.722 bits per heavy atom. The molecule has 36 heavy (non-hydrogen) atoms. The van der Waals surface area contributed by atoms with Gasteiger partial charge in [-0.15, -0.1) is 0 Å². The number of aromatic nitrogens is 3. The molecule has 0 aliphatic rings. The van der Waals surface area contributed by atoms with Crippen molar-refractivity contribution in [3.05, 3.63) is 90.2 Å². The van der Waals surface area contributed by atoms with Gasteiger partial charge in [0.25, 0.3) is 0 Å². The third-order valence-corrected chi connectivity index (χ3v) is 5.48. The number of fused-ring (bicyclic) bond motifs is 1. The molecule has 10 heteroatoms. The van der Waals surface area contributed by atoms with E-state index >= 15 is 0 Å². The average molecular weight is 490 g/mol. The Balaban J connectivity index is 1.45. The van der Waals surface area contributed by atoms with Crippen molar-refractivity contribution >= 4 is 34.0 Å². The van der Waals surface area contributed by atoms with Crippen molar-refractivity contribution in [2.45, 2.75) is 6.18 Å². The summed E-state index contributed by atoms with van der Waals surface area (Å²) in [6.07, 6.45) is -4.43. The second-order valence-electron chi connectivity index (χ2n) is 8.04. The van der Waals surface area contributed by atoms with Gasteiger partial charge >= 0.3 is 6.18 Å². The normalized spacial score (nSPS) is 11.6. The highest BCUT2D eigenvalue weighted by Gasteiger charge is 2.30. The van der Waals surface area contributed by atoms with Crippen LogP contribution in [-0.2, 0) is 6.18 Å². The van der Waals surface area contributed by atoms with Crippen molar-refractivity contribution in [2.75, 3.05) is 16.8 Å². The maximum atomic E-state index is 13.6. The molecular weight excluding hydrogens is 472 g/mol. The molecule has 5 rings (SSSR count). The van der Waals surface area contributed by atoms with Gasteiger partial charge in [-0.1, -0.05) is 24.3 Å². The minimum atomic E-state index is -4.43. The van der Waals surface area contributed by atoms with E-state index < -0.39 is 11.7 Å². The number of benzene rings is 3. The van der Waals surface area contributed by atoms with Crippen LogP contribution in [0.3, 0.4) is 0 Å². The van der Waals surface area contributed by atoms with Crippen LogP contribution in [-0.4, -0.2) is 15.0 Å². The molecule has 0 aliphatic carbocycles. The monoisotopic (exact) mass is 490 g/mol. The van der Waals surface area contributed by atoms with Crippen LogP contribution < -0.4 is 16.8 Å². The zero-order valence-electron chi connectivity index (χ0n) is 18.5. The number of nitrogens with zero attached hydrogens (tertiary/aromatic N) is 3. The van der Waals surface area contributed by atoms with E-state index in [2.05, 4.69) is 20.3 Å². The molecule has 3 aromatic carbocycles. The van der Waals surface area contributed by atoms with Crippen LogP contribution in [0.5, 0.6) is 0 Å². The zero-order valence-corrected chi connectivity index (χ0v) is 18.5. The van der Waals surface area contributed by atoms with Crippen LogP contribution in [0.2, 0.25) is 0 Å². The molecule has 5 N–H and O–H groups in total. The van der Waals surface area contributed by atoms with E-state index in [1.54, 1.807) is 42.5 Å². The second kappa shape index (κ2) is 8.81. The number of halogens is 4. The fourth-order valence-electron chi connectivity index (χ4n) is 3.78. The summed E-state index contributed by atoms with van der Waals surface area (Å²) >= 11 is 0. The molecule has 2 heterocycles. The second-order valence-corrected chi connectivity index (χ2v) is 8.04. The van der Waals surface area contributed by atoms with Crippen LogP contribution in [0.25, 0.3) is 33.4 Å². The van der Waals surface area contributed by atoms with Crippen molar-refractivity contribution in [1.29, 1.82) is 0 Å². The number of hydrogen-bond acceptors (Lipinski definition) is 6. The van der Waals surface area contributed by atoms with Gasteiger partial charge in [-0.25, -0.2) is 14.4 Å². The van der Waals surface area contributed by atoms with Gasteiger partial charge in [0.05, 0.1) is 22.5 Å². The molecule has 0 saturated heterocycles. The quantitative estimate of drug-likeness (QED) is 0.251. The molecule has 0 radical (unpaired) electrons. The van der Waals surface area contributed by atoms with E-state index in [1.165, 1.54) is 24.3 Å². The number of anilines is 4. The Labute approximate surface area is 202 Å². The number of pyridine rings is 1. The van der Waals surface area contributed by atoms with E-state index in [0.717, 1.165) is 12.1 Å². The maximum absolute atomic E-state index is 13.6. The summed E-state index contributed by atoms with van der Waals surface area (Å²) in [6, 6.07) is 19.3. The molecule has 0 amide bonds. The van der Waals surface area contributed by atoms with E-state index in [-0.39, 0.29) is 11.8 Å². The first-order valence-electron chi connectivity index (χ1n) is 10.7. The summed E-state index contributed by atoms with van der Waals surface area (Å²) in [5, 5.41) is 3.79. The molecule has 0 aliphatic heterocycles. The van der Waals surface area contributed by atoms with Crippen LogP contribution in [0.15, 0.2) is 78.9 Å². The zero-order chi connectivity index (χ0) is 25.4. The molecule has 0 spiro atoms. The standard InChI is InChI=1S/C26H18F4N6/c27-17-3-1-2-15(10-17)22-12-20(31)19-11-18(8-9-21(19)34-22)33-24-13-23(35-25(32)36-24)14-4-6-16(7-5-14)26(28,29)30/h1-13H,(H2,31,34)(H3,32,33,35,36). The van der Waals surface area contributed by atoms with Gasteiger partial charge < -0.3 is 16.8 Å². The smallest absolute Gasteiger partial charge is 0.398 e. The molecule has 0 bridgehead atoms. The number of hydrogen-bond donors (Lipinski definition) is 3. The SMILES string of the molecule is Nc1nc(Nc2ccc3nc(-c4cccc(F)c4)cc(N)c3c2)cc(-c2ccc(C(F)(F)F)cc2)n1. The molecular formula is C26H18F4N6. The number of nitrogen functional groups attached to an aromatic ring is 2. The predicted octanol–water partition coefficient (Wildman–Crippen LogP) is 6.42. The topological polar surface area (TPSA) is 103 Å². The summed E-state index contributed by atoms with van der Waals surface area (Å²) in [4.78, 5) is 12.9. The Morgan fingerprint density at radius 2 is 1.47 bits per heavy atom. The fraction of sp³-hybridized carbons (Fsp3) is 0.0385. The van der Waals surface area contributed by atoms with Crippen molar-refractivity contribution in [3.8, 4) is 22.5 Å². The van der Waals surface area contributed by atoms with Gasteiger partial charge in [-0.3, -0.25) is 0 Å². The van der Waals surface area contributed by atoms with E-state index in [4.69, 9.17) is 11.5 Å². The maximum Gasteiger partial charge on any atom is 0.416 e. The fourth-order valence-corrected chi connectivity index (χ4v) is 3.78. The van der Waals surface area contributed by atoms with Crippen molar-refractivity contribution in [1.82, 2.24) is 15.0 Å². The lowest BCUT2D eigenvalue weighted by Gasteiger charge is -2.12. The van der Waals surface area contributed by atoms with Crippen LogP contribution in [0.1, 0.15) is 5.56 Å². The highest BCUT2D eigenvalue weighted by Crippen LogP contribution is 2.32. The molecule has 5 aromatic rings. The molecule has 0 unspecified atom stereocenters. The molecule has 2 aromatic heterocycles. The number of nitrogens with one attached hydrogen (secondary N) is 1. The van der Waals surface area contributed by atoms with Crippen molar-refractivity contribution in [2.24, 2.45) is 0 Å². The largest absolute Gasteiger partial charge is 0.416 e. The first kappa shape index (κ1) is 23.0. The lowest BCUT2D eigenvalue weighted by Crippen LogP contribution is -2.04. The van der Waals surface area contributed by atoms with Gasteiger partial charge in [0.2, 0.25) is 5.95 Å². The molecule has 180 valence electrons. The Bertz CT molecular complexity index is 1580. The van der Waals surface area contributed by atoms with Crippen molar-refractivity contribution < 1.29 is 17.6 Å². The average Bonchev–Trinajstić information content (AvgIpc) is 2.83. The number of rotatable bonds is 4. The van der Waals surface area contributed by atoms with E-state index in [1.807, 2.05) is 0 Å². The molecule has 6 nitrogen and oxygen atoms in total. The minimum Gasteiger partial charge on any atom is -0.398 e. The highest BCUT2D eigenvalue weighted by atomic mass is 19.4. The number of alkyl halides is 3. The number of nitrogens with two attached hydrogens (primary N) is 2. The van der Waals surface area contributed by atoms with E-state index in [9.17, 15) is 17.6 Å². The molecule has 0 atom stereocenters. The summed E-state index contributed by atoms with van der Waals surface area (Å²) < 4.78 is 52.2. The Hall–Kier alpha value is -4.73. The van der Waals surface area contributed by atoms with Crippen LogP contribution >= 0.6 is 0 Å². The van der Waals surface area contributed by atoms with Gasteiger partial charge in [-0.05, 0) is 48.5 Å². The first-order valence-corrected chi connectivity index (χ1v) is 10.7. The van der Waals surface area contributed by atoms with Gasteiger partial charge in [0, 0.05) is 34.0 Å². The van der Waals surface area contributed by atoms with Crippen LogP contribution in [0.4, 0.5) is 40.7 Å². The van der Waals surface area contributed by atoms with E-state index in [0.29, 0.717) is 50.6 Å². The van der Waals surface area contributed by atoms with Gasteiger partial charge in [0.1, 0.15) is 11.6 Å². The first-order chi connectivity index (χ1) is 17.2. The third kappa shape index (κ3) is 4.74. The minimum absolute atomic E-state index is 0.0448. The Kier molecular flexibility index (Phi) is 5.63. The van der Waals surface area contributed by atoms with Gasteiger partial charge in [0.15, 0.2) is 0 Å². The van der Waals surface area contributed by atoms with Crippen molar-refractivity contribution in [3.63, 3.8) is 0 Å². The predicted molar refractivity (Wildman–Crippen MR) is 132 cm³/mol. The summed E-state index contributed by atoms with van der Waals surface area (Å²) in [7, 11) is 0.